The molecule has 0 bridgehead atoms. The quantitative estimate of drug-likeness (QED) is 0.880. The molecule has 7 heteroatoms. The Morgan fingerprint density at radius 1 is 1.08 bits per heavy atom. The lowest BCUT2D eigenvalue weighted by atomic mass is 10.1. The summed E-state index contributed by atoms with van der Waals surface area (Å²) in [5.41, 5.74) is 7.39. The van der Waals surface area contributed by atoms with Gasteiger partial charge in [-0.2, -0.15) is 0 Å². The number of hydrogen-bond donors (Lipinski definition) is 1. The molecule has 127 valence electrons. The van der Waals surface area contributed by atoms with E-state index in [9.17, 15) is 9.59 Å². The van der Waals surface area contributed by atoms with Crippen LogP contribution in [0.4, 0.5) is 16.2 Å². The van der Waals surface area contributed by atoms with Gasteiger partial charge in [0.15, 0.2) is 0 Å². The molecule has 0 saturated carbocycles. The molecule has 1 radical (unpaired) electrons. The number of primary amides is 1. The number of amides is 3. The monoisotopic (exact) mass is 329 g/mol. The van der Waals surface area contributed by atoms with Gasteiger partial charge in [0.1, 0.15) is 6.04 Å². The van der Waals surface area contributed by atoms with Gasteiger partial charge < -0.3 is 20.3 Å². The molecule has 2 atom stereocenters. The van der Waals surface area contributed by atoms with E-state index in [2.05, 4.69) is 4.90 Å². The summed E-state index contributed by atoms with van der Waals surface area (Å²) in [6, 6.07) is 6.76. The van der Waals surface area contributed by atoms with Crippen molar-refractivity contribution in [1.29, 1.82) is 0 Å². The van der Waals surface area contributed by atoms with Crippen molar-refractivity contribution in [3.05, 3.63) is 30.7 Å². The number of benzene rings is 1. The molecule has 1 aromatic rings. The molecule has 4 rings (SSSR count). The SMILES string of the molecule is NC(=O)C1[C@H]2[CH]CCN2C(=O)N1c1ccc(N2CCOCC2)cc1. The van der Waals surface area contributed by atoms with Gasteiger partial charge in [-0.05, 0) is 37.1 Å². The summed E-state index contributed by atoms with van der Waals surface area (Å²) in [5, 5.41) is 0. The number of urea groups is 1. The third-order valence-electron chi connectivity index (χ3n) is 4.99. The van der Waals surface area contributed by atoms with E-state index in [0.29, 0.717) is 12.2 Å². The number of nitrogens with two attached hydrogens (primary N) is 1. The van der Waals surface area contributed by atoms with Crippen molar-refractivity contribution in [2.24, 2.45) is 5.73 Å². The standard InChI is InChI=1S/C17H21N4O3/c18-16(22)15-14-2-1-7-20(14)17(23)21(15)13-5-3-12(4-6-13)19-8-10-24-11-9-19/h2-6,14-15H,1,7-11H2,(H2,18,22)/t14-,15?/m1/s1. The van der Waals surface area contributed by atoms with Gasteiger partial charge in [-0.25, -0.2) is 4.79 Å². The van der Waals surface area contributed by atoms with Gasteiger partial charge in [0.2, 0.25) is 5.91 Å². The van der Waals surface area contributed by atoms with Crippen molar-refractivity contribution in [3.63, 3.8) is 0 Å². The summed E-state index contributed by atoms with van der Waals surface area (Å²) in [5.74, 6) is -0.466. The van der Waals surface area contributed by atoms with Crippen molar-refractivity contribution in [3.8, 4) is 0 Å². The molecule has 3 aliphatic heterocycles. The maximum atomic E-state index is 12.7. The first-order valence-electron chi connectivity index (χ1n) is 8.32. The first-order chi connectivity index (χ1) is 11.7. The summed E-state index contributed by atoms with van der Waals surface area (Å²) in [7, 11) is 0. The van der Waals surface area contributed by atoms with Crippen LogP contribution in [0.1, 0.15) is 6.42 Å². The average molecular weight is 329 g/mol. The zero-order valence-electron chi connectivity index (χ0n) is 13.4. The summed E-state index contributed by atoms with van der Waals surface area (Å²) in [6.07, 6.45) is 2.82. The number of ether oxygens (including phenoxy) is 1. The molecule has 1 aromatic carbocycles. The predicted molar refractivity (Wildman–Crippen MR) is 89.7 cm³/mol. The Hall–Kier alpha value is -2.28. The van der Waals surface area contributed by atoms with Crippen molar-refractivity contribution >= 4 is 23.3 Å². The van der Waals surface area contributed by atoms with Crippen molar-refractivity contribution in [1.82, 2.24) is 4.90 Å². The smallest absolute Gasteiger partial charge is 0.325 e. The zero-order chi connectivity index (χ0) is 16.7. The van der Waals surface area contributed by atoms with Crippen LogP contribution in [-0.2, 0) is 9.53 Å². The highest BCUT2D eigenvalue weighted by Crippen LogP contribution is 2.35. The van der Waals surface area contributed by atoms with Crippen LogP contribution < -0.4 is 15.5 Å². The molecule has 3 saturated heterocycles. The number of fused-ring (bicyclic) bond motifs is 1. The molecule has 3 fully saturated rings. The number of carbonyl (C=O) groups excluding carboxylic acids is 2. The van der Waals surface area contributed by atoms with Crippen molar-refractivity contribution in [2.75, 3.05) is 42.6 Å². The van der Waals surface area contributed by atoms with E-state index in [4.69, 9.17) is 10.5 Å². The largest absolute Gasteiger partial charge is 0.378 e. The van der Waals surface area contributed by atoms with Crippen LogP contribution in [0.5, 0.6) is 0 Å². The maximum absolute atomic E-state index is 12.7. The summed E-state index contributed by atoms with van der Waals surface area (Å²) < 4.78 is 5.37. The Balaban J connectivity index is 1.60. The molecule has 0 aromatic heterocycles. The fourth-order valence-corrected chi connectivity index (χ4v) is 3.81. The summed E-state index contributed by atoms with van der Waals surface area (Å²) in [6.45, 7) is 3.81. The third kappa shape index (κ3) is 2.39. The number of carbonyl (C=O) groups is 2. The molecular weight excluding hydrogens is 308 g/mol. The molecule has 24 heavy (non-hydrogen) atoms. The summed E-state index contributed by atoms with van der Waals surface area (Å²) in [4.78, 5) is 30.1. The number of nitrogens with zero attached hydrogens (tertiary/aromatic N) is 3. The minimum absolute atomic E-state index is 0.142. The average Bonchev–Trinajstić information content (AvgIpc) is 3.18. The Morgan fingerprint density at radius 3 is 2.42 bits per heavy atom. The fourth-order valence-electron chi connectivity index (χ4n) is 3.81. The van der Waals surface area contributed by atoms with Gasteiger partial charge in [0.05, 0.1) is 19.3 Å². The first kappa shape index (κ1) is 15.3. The van der Waals surface area contributed by atoms with Gasteiger partial charge >= 0.3 is 6.03 Å². The lowest BCUT2D eigenvalue weighted by molar-refractivity contribution is -0.119. The van der Waals surface area contributed by atoms with Crippen molar-refractivity contribution < 1.29 is 14.3 Å². The lowest BCUT2D eigenvalue weighted by Crippen LogP contribution is -2.46. The van der Waals surface area contributed by atoms with Crippen molar-refractivity contribution in [2.45, 2.75) is 18.5 Å². The van der Waals surface area contributed by atoms with E-state index in [0.717, 1.165) is 38.4 Å². The molecular formula is C17H21N4O3. The van der Waals surface area contributed by atoms with E-state index < -0.39 is 11.9 Å². The Kier molecular flexibility index (Phi) is 3.80. The second kappa shape index (κ2) is 5.98. The van der Waals surface area contributed by atoms with Gasteiger partial charge in [0.25, 0.3) is 0 Å². The second-order valence-corrected chi connectivity index (χ2v) is 6.32. The predicted octanol–water partition coefficient (Wildman–Crippen LogP) is 0.596. The maximum Gasteiger partial charge on any atom is 0.325 e. The number of rotatable bonds is 3. The first-order valence-corrected chi connectivity index (χ1v) is 8.32. The molecule has 3 heterocycles. The van der Waals surface area contributed by atoms with Gasteiger partial charge in [0, 0.05) is 31.0 Å². The number of anilines is 2. The van der Waals surface area contributed by atoms with E-state index in [1.165, 1.54) is 4.90 Å². The van der Waals surface area contributed by atoms with E-state index >= 15 is 0 Å². The molecule has 2 N–H and O–H groups in total. The molecule has 7 nitrogen and oxygen atoms in total. The van der Waals surface area contributed by atoms with E-state index in [-0.39, 0.29) is 12.1 Å². The Labute approximate surface area is 140 Å². The topological polar surface area (TPSA) is 79.1 Å². The van der Waals surface area contributed by atoms with Gasteiger partial charge in [-0.15, -0.1) is 0 Å². The third-order valence-corrected chi connectivity index (χ3v) is 4.99. The van der Waals surface area contributed by atoms with Crippen LogP contribution in [0.2, 0.25) is 0 Å². The molecule has 0 aliphatic carbocycles. The van der Waals surface area contributed by atoms with Crippen LogP contribution in [0, 0.1) is 6.42 Å². The molecule has 3 aliphatic rings. The number of morpholine rings is 1. The number of hydrogen-bond acceptors (Lipinski definition) is 4. The normalized spacial score (nSPS) is 26.8. The molecule has 3 amide bonds. The van der Waals surface area contributed by atoms with Gasteiger partial charge in [-0.1, -0.05) is 0 Å². The second-order valence-electron chi connectivity index (χ2n) is 6.32. The summed E-state index contributed by atoms with van der Waals surface area (Å²) >= 11 is 0. The van der Waals surface area contributed by atoms with Crippen LogP contribution in [0.3, 0.4) is 0 Å². The minimum Gasteiger partial charge on any atom is -0.378 e. The highest BCUT2D eigenvalue weighted by atomic mass is 16.5. The Morgan fingerprint density at radius 2 is 1.75 bits per heavy atom. The lowest BCUT2D eigenvalue weighted by Gasteiger charge is -2.29. The highest BCUT2D eigenvalue weighted by Gasteiger charge is 2.51. The van der Waals surface area contributed by atoms with E-state index in [1.807, 2.05) is 30.7 Å². The highest BCUT2D eigenvalue weighted by molar-refractivity contribution is 6.04. The van der Waals surface area contributed by atoms with Crippen LogP contribution in [0.25, 0.3) is 0 Å². The van der Waals surface area contributed by atoms with Gasteiger partial charge in [-0.3, -0.25) is 9.69 Å². The fraction of sp³-hybridized carbons (Fsp3) is 0.471. The van der Waals surface area contributed by atoms with Crippen LogP contribution >= 0.6 is 0 Å². The molecule has 0 spiro atoms. The van der Waals surface area contributed by atoms with E-state index in [1.54, 1.807) is 4.90 Å². The Bertz CT molecular complexity index is 642. The minimum atomic E-state index is -0.630. The van der Waals surface area contributed by atoms with Crippen LogP contribution in [0.15, 0.2) is 24.3 Å². The molecule has 1 unspecified atom stereocenters. The van der Waals surface area contributed by atoms with Crippen LogP contribution in [-0.4, -0.2) is 61.8 Å². The zero-order valence-corrected chi connectivity index (χ0v) is 13.4.